The van der Waals surface area contributed by atoms with Crippen LogP contribution >= 0.6 is 0 Å². The van der Waals surface area contributed by atoms with Crippen LogP contribution in [0, 0.1) is 13.8 Å². The van der Waals surface area contributed by atoms with Crippen molar-refractivity contribution in [1.82, 2.24) is 4.68 Å². The lowest BCUT2D eigenvalue weighted by Crippen LogP contribution is -2.25. The number of carbonyl (C=O) groups excluding carboxylic acids is 3. The number of benzene rings is 1. The van der Waals surface area contributed by atoms with E-state index in [4.69, 9.17) is 9.47 Å². The van der Waals surface area contributed by atoms with Crippen molar-refractivity contribution in [2.75, 3.05) is 32.1 Å². The Kier molecular flexibility index (Phi) is 6.07. The van der Waals surface area contributed by atoms with Gasteiger partial charge in [-0.1, -0.05) is 0 Å². The largest absolute Gasteiger partial charge is 0.497 e. The molecule has 0 unspecified atom stereocenters. The van der Waals surface area contributed by atoms with Gasteiger partial charge in [-0.2, -0.15) is 0 Å². The quantitative estimate of drug-likeness (QED) is 0.777. The molecule has 1 heterocycles. The number of carbonyl (C=O) groups is 3. The molecule has 0 aliphatic heterocycles. The molecule has 0 fully saturated rings. The minimum atomic E-state index is -0.741. The minimum Gasteiger partial charge on any atom is -0.497 e. The Labute approximate surface area is 156 Å². The van der Waals surface area contributed by atoms with Gasteiger partial charge in [-0.05, 0) is 38.1 Å². The van der Waals surface area contributed by atoms with Gasteiger partial charge in [0.25, 0.3) is 5.91 Å². The van der Waals surface area contributed by atoms with Crippen LogP contribution in [0.3, 0.4) is 0 Å². The summed E-state index contributed by atoms with van der Waals surface area (Å²) in [5.74, 6) is -0.573. The Bertz CT molecular complexity index is 870. The number of hydrogen-bond donors (Lipinski definition) is 2. The lowest BCUT2D eigenvalue weighted by atomic mass is 10.1. The molecule has 2 rings (SSSR count). The first-order valence-electron chi connectivity index (χ1n) is 7.94. The molecule has 144 valence electrons. The SMILES string of the molecule is COC(=O)Nn1c(C)c(C(=O)Nc2ccc(OC)cc2)c(C(=O)OC)c1C. The van der Waals surface area contributed by atoms with Crippen LogP contribution in [0.4, 0.5) is 10.5 Å². The zero-order valence-corrected chi connectivity index (χ0v) is 15.7. The van der Waals surface area contributed by atoms with Crippen LogP contribution in [0.1, 0.15) is 32.1 Å². The molecule has 1 aromatic heterocycles. The summed E-state index contributed by atoms with van der Waals surface area (Å²) < 4.78 is 15.8. The van der Waals surface area contributed by atoms with E-state index in [2.05, 4.69) is 15.5 Å². The first kappa shape index (κ1) is 19.8. The molecule has 0 saturated carbocycles. The molecule has 2 aromatic rings. The fourth-order valence-electron chi connectivity index (χ4n) is 2.64. The van der Waals surface area contributed by atoms with E-state index in [1.54, 1.807) is 45.2 Å². The molecular weight excluding hydrogens is 354 g/mol. The Balaban J connectivity index is 2.45. The maximum atomic E-state index is 12.8. The van der Waals surface area contributed by atoms with E-state index in [1.807, 2.05) is 0 Å². The highest BCUT2D eigenvalue weighted by molar-refractivity contribution is 6.12. The topological polar surface area (TPSA) is 108 Å². The van der Waals surface area contributed by atoms with E-state index in [1.165, 1.54) is 18.9 Å². The molecule has 0 aliphatic rings. The zero-order chi connectivity index (χ0) is 20.1. The average molecular weight is 375 g/mol. The van der Waals surface area contributed by atoms with E-state index in [0.29, 0.717) is 22.8 Å². The fourth-order valence-corrected chi connectivity index (χ4v) is 2.64. The van der Waals surface area contributed by atoms with Gasteiger partial charge in [-0.3, -0.25) is 9.47 Å². The standard InChI is InChI=1S/C18H21N3O6/c1-10-14(16(22)19-12-6-8-13(25-3)9-7-12)15(17(23)26-4)11(2)21(10)20-18(24)27-5/h6-9H,1-5H3,(H,19,22)(H,20,24). The fraction of sp³-hybridized carbons (Fsp3) is 0.278. The third-order valence-corrected chi connectivity index (χ3v) is 4.00. The Morgan fingerprint density at radius 2 is 1.48 bits per heavy atom. The van der Waals surface area contributed by atoms with Gasteiger partial charge < -0.3 is 19.5 Å². The van der Waals surface area contributed by atoms with Crippen molar-refractivity contribution >= 4 is 23.7 Å². The Morgan fingerprint density at radius 3 is 2.00 bits per heavy atom. The maximum absolute atomic E-state index is 12.8. The van der Waals surface area contributed by atoms with Gasteiger partial charge in [0.2, 0.25) is 0 Å². The van der Waals surface area contributed by atoms with E-state index in [9.17, 15) is 14.4 Å². The highest BCUT2D eigenvalue weighted by Crippen LogP contribution is 2.24. The van der Waals surface area contributed by atoms with Crippen molar-refractivity contribution in [3.05, 3.63) is 46.8 Å². The van der Waals surface area contributed by atoms with Crippen molar-refractivity contribution in [3.8, 4) is 5.75 Å². The smallest absolute Gasteiger partial charge is 0.426 e. The molecule has 0 bridgehead atoms. The zero-order valence-electron chi connectivity index (χ0n) is 15.7. The molecule has 2 N–H and O–H groups in total. The number of nitrogens with one attached hydrogen (secondary N) is 2. The molecule has 0 radical (unpaired) electrons. The van der Waals surface area contributed by atoms with Crippen LogP contribution in [-0.4, -0.2) is 44.0 Å². The highest BCUT2D eigenvalue weighted by atomic mass is 16.5. The van der Waals surface area contributed by atoms with Crippen molar-refractivity contribution in [3.63, 3.8) is 0 Å². The molecule has 0 atom stereocenters. The third-order valence-electron chi connectivity index (χ3n) is 4.00. The number of methoxy groups -OCH3 is 3. The number of amides is 2. The summed E-state index contributed by atoms with van der Waals surface area (Å²) in [5.41, 5.74) is 3.80. The molecule has 9 heteroatoms. The Hall–Kier alpha value is -3.49. The summed E-state index contributed by atoms with van der Waals surface area (Å²) in [6.07, 6.45) is -0.741. The summed E-state index contributed by atoms with van der Waals surface area (Å²) in [6, 6.07) is 6.72. The molecule has 0 saturated heterocycles. The van der Waals surface area contributed by atoms with Crippen molar-refractivity contribution in [1.29, 1.82) is 0 Å². The summed E-state index contributed by atoms with van der Waals surface area (Å²) in [4.78, 5) is 36.7. The van der Waals surface area contributed by atoms with Crippen LogP contribution in [0.2, 0.25) is 0 Å². The predicted molar refractivity (Wildman–Crippen MR) is 98.0 cm³/mol. The van der Waals surface area contributed by atoms with Gasteiger partial charge in [-0.15, -0.1) is 0 Å². The number of anilines is 1. The number of rotatable bonds is 5. The second-order valence-corrected chi connectivity index (χ2v) is 5.53. The Morgan fingerprint density at radius 1 is 0.889 bits per heavy atom. The van der Waals surface area contributed by atoms with Gasteiger partial charge in [0.1, 0.15) is 5.75 Å². The molecule has 9 nitrogen and oxygen atoms in total. The maximum Gasteiger partial charge on any atom is 0.426 e. The van der Waals surface area contributed by atoms with E-state index in [-0.39, 0.29) is 11.1 Å². The monoisotopic (exact) mass is 375 g/mol. The summed E-state index contributed by atoms with van der Waals surface area (Å²) in [7, 11) is 3.97. The van der Waals surface area contributed by atoms with Crippen molar-refractivity contribution in [2.24, 2.45) is 0 Å². The van der Waals surface area contributed by atoms with Gasteiger partial charge in [-0.25, -0.2) is 15.0 Å². The number of hydrogen-bond acceptors (Lipinski definition) is 6. The molecule has 27 heavy (non-hydrogen) atoms. The van der Waals surface area contributed by atoms with Gasteiger partial charge in [0, 0.05) is 5.69 Å². The van der Waals surface area contributed by atoms with Crippen LogP contribution in [0.5, 0.6) is 5.75 Å². The first-order chi connectivity index (χ1) is 12.8. The number of nitrogens with zero attached hydrogens (tertiary/aromatic N) is 1. The number of esters is 1. The van der Waals surface area contributed by atoms with Crippen LogP contribution < -0.4 is 15.5 Å². The van der Waals surface area contributed by atoms with Crippen molar-refractivity contribution in [2.45, 2.75) is 13.8 Å². The van der Waals surface area contributed by atoms with E-state index >= 15 is 0 Å². The number of ether oxygens (including phenoxy) is 3. The normalized spacial score (nSPS) is 10.1. The third kappa shape index (κ3) is 4.02. The number of aromatic nitrogens is 1. The summed E-state index contributed by atoms with van der Waals surface area (Å²) in [6.45, 7) is 3.18. The van der Waals surface area contributed by atoms with Crippen LogP contribution in [-0.2, 0) is 9.47 Å². The predicted octanol–water partition coefficient (Wildman–Crippen LogP) is 2.46. The second-order valence-electron chi connectivity index (χ2n) is 5.53. The molecule has 2 amide bonds. The highest BCUT2D eigenvalue weighted by Gasteiger charge is 2.29. The van der Waals surface area contributed by atoms with Gasteiger partial charge in [0.05, 0.1) is 43.8 Å². The minimum absolute atomic E-state index is 0.0532. The van der Waals surface area contributed by atoms with Crippen LogP contribution in [0.25, 0.3) is 0 Å². The summed E-state index contributed by atoms with van der Waals surface area (Å²) in [5, 5.41) is 2.72. The average Bonchev–Trinajstić information content (AvgIpc) is 2.92. The summed E-state index contributed by atoms with van der Waals surface area (Å²) >= 11 is 0. The first-order valence-corrected chi connectivity index (χ1v) is 7.94. The van der Waals surface area contributed by atoms with Gasteiger partial charge >= 0.3 is 12.1 Å². The molecule has 0 aliphatic carbocycles. The lowest BCUT2D eigenvalue weighted by Gasteiger charge is -2.10. The lowest BCUT2D eigenvalue weighted by molar-refractivity contribution is 0.0596. The van der Waals surface area contributed by atoms with Crippen molar-refractivity contribution < 1.29 is 28.6 Å². The second kappa shape index (κ2) is 8.26. The van der Waals surface area contributed by atoms with Gasteiger partial charge in [0.15, 0.2) is 0 Å². The molecule has 1 aromatic carbocycles. The van der Waals surface area contributed by atoms with E-state index in [0.717, 1.165) is 0 Å². The van der Waals surface area contributed by atoms with Crippen LogP contribution in [0.15, 0.2) is 24.3 Å². The molecule has 0 spiro atoms. The molecular formula is C18H21N3O6. The van der Waals surface area contributed by atoms with E-state index < -0.39 is 18.0 Å².